The maximum absolute atomic E-state index is 5.22. The Balaban J connectivity index is 2.26. The first-order valence-corrected chi connectivity index (χ1v) is 7.59. The minimum atomic E-state index is 0.597. The summed E-state index contributed by atoms with van der Waals surface area (Å²) in [6.07, 6.45) is 0. The molecule has 20 heavy (non-hydrogen) atoms. The van der Waals surface area contributed by atoms with Gasteiger partial charge in [-0.15, -0.1) is 0 Å². The highest BCUT2D eigenvalue weighted by Gasteiger charge is 2.11. The van der Waals surface area contributed by atoms with E-state index in [9.17, 15) is 0 Å². The lowest BCUT2D eigenvalue weighted by molar-refractivity contribution is 0.395. The quantitative estimate of drug-likeness (QED) is 0.760. The number of nitrogens with zero attached hydrogens (tertiary/aromatic N) is 3. The van der Waals surface area contributed by atoms with Crippen molar-refractivity contribution in [3.05, 3.63) is 47.8 Å². The third-order valence-electron chi connectivity index (χ3n) is 2.90. The molecule has 0 bridgehead atoms. The Morgan fingerprint density at radius 3 is 2.60 bits per heavy atom. The van der Waals surface area contributed by atoms with E-state index in [2.05, 4.69) is 42.9 Å². The van der Waals surface area contributed by atoms with E-state index in [1.165, 1.54) is 5.56 Å². The molecule has 0 spiro atoms. The highest BCUT2D eigenvalue weighted by Crippen LogP contribution is 2.19. The molecule has 0 saturated carbocycles. The Kier molecular flexibility index (Phi) is 5.35. The van der Waals surface area contributed by atoms with E-state index in [0.29, 0.717) is 11.7 Å². The van der Waals surface area contributed by atoms with Crippen LogP contribution in [0.15, 0.2) is 36.4 Å². The van der Waals surface area contributed by atoms with E-state index >= 15 is 0 Å². The van der Waals surface area contributed by atoms with Crippen LogP contribution in [0.1, 0.15) is 11.4 Å². The highest BCUT2D eigenvalue weighted by atomic mass is 79.9. The van der Waals surface area contributed by atoms with Crippen LogP contribution in [-0.4, -0.2) is 29.0 Å². The van der Waals surface area contributed by atoms with Gasteiger partial charge in [-0.2, -0.15) is 4.98 Å². The molecule has 0 amide bonds. The fourth-order valence-corrected chi connectivity index (χ4v) is 2.40. The van der Waals surface area contributed by atoms with Crippen molar-refractivity contribution in [2.75, 3.05) is 23.9 Å². The molecular formula is C15H18BrN3O. The van der Waals surface area contributed by atoms with Gasteiger partial charge < -0.3 is 9.64 Å². The van der Waals surface area contributed by atoms with E-state index in [1.54, 1.807) is 7.11 Å². The summed E-state index contributed by atoms with van der Waals surface area (Å²) in [5.41, 5.74) is 1.25. The molecule has 0 aliphatic rings. The summed E-state index contributed by atoms with van der Waals surface area (Å²) in [6.45, 7) is 3.56. The second-order valence-corrected chi connectivity index (χ2v) is 5.20. The summed E-state index contributed by atoms with van der Waals surface area (Å²) in [7, 11) is 1.62. The van der Waals surface area contributed by atoms with Crippen molar-refractivity contribution in [3.63, 3.8) is 0 Å². The summed E-state index contributed by atoms with van der Waals surface area (Å²) in [5.74, 6) is 2.20. The van der Waals surface area contributed by atoms with Gasteiger partial charge in [-0.1, -0.05) is 46.3 Å². The first kappa shape index (κ1) is 14.8. The minimum absolute atomic E-state index is 0.597. The van der Waals surface area contributed by atoms with Crippen LogP contribution in [-0.2, 0) is 6.54 Å². The molecule has 0 radical (unpaired) electrons. The van der Waals surface area contributed by atoms with E-state index in [4.69, 9.17) is 4.74 Å². The molecule has 0 N–H and O–H groups in total. The summed E-state index contributed by atoms with van der Waals surface area (Å²) >= 11 is 3.50. The molecule has 4 nitrogen and oxygen atoms in total. The second-order valence-electron chi connectivity index (χ2n) is 4.41. The number of anilines is 1. The lowest BCUT2D eigenvalue weighted by Crippen LogP contribution is -2.26. The first-order valence-electron chi connectivity index (χ1n) is 6.47. The minimum Gasteiger partial charge on any atom is -0.481 e. The summed E-state index contributed by atoms with van der Waals surface area (Å²) in [4.78, 5) is 11.0. The molecule has 0 fully saturated rings. The van der Waals surface area contributed by atoms with Gasteiger partial charge in [0.25, 0.3) is 0 Å². The molecular weight excluding hydrogens is 318 g/mol. The van der Waals surface area contributed by atoms with E-state index < -0.39 is 0 Å². The van der Waals surface area contributed by atoms with Crippen molar-refractivity contribution in [2.24, 2.45) is 0 Å². The number of hydrogen-bond donors (Lipinski definition) is 0. The third kappa shape index (κ3) is 3.93. The van der Waals surface area contributed by atoms with Crippen molar-refractivity contribution < 1.29 is 4.74 Å². The predicted octanol–water partition coefficient (Wildman–Crippen LogP) is 3.20. The van der Waals surface area contributed by atoms with Gasteiger partial charge in [0, 0.05) is 24.5 Å². The standard InChI is InChI=1S/C15H18BrN3O/c1-12-17-14(10-15(18-12)20-2)19(9-8-16)11-13-6-4-3-5-7-13/h3-7,10H,8-9,11H2,1-2H3. The van der Waals surface area contributed by atoms with Crippen molar-refractivity contribution in [1.29, 1.82) is 0 Å². The molecule has 1 aromatic heterocycles. The van der Waals surface area contributed by atoms with Crippen molar-refractivity contribution in [2.45, 2.75) is 13.5 Å². The molecule has 5 heteroatoms. The van der Waals surface area contributed by atoms with Crippen molar-refractivity contribution in [1.82, 2.24) is 9.97 Å². The Bertz CT molecular complexity index is 548. The molecule has 2 aromatic rings. The number of ether oxygens (including phenoxy) is 1. The number of halogens is 1. The van der Waals surface area contributed by atoms with Gasteiger partial charge in [-0.25, -0.2) is 4.98 Å². The summed E-state index contributed by atoms with van der Waals surface area (Å²) in [5, 5.41) is 0.880. The molecule has 0 aliphatic heterocycles. The van der Waals surface area contributed by atoms with Crippen molar-refractivity contribution >= 4 is 21.7 Å². The van der Waals surface area contributed by atoms with Gasteiger partial charge in [0.05, 0.1) is 7.11 Å². The fraction of sp³-hybridized carbons (Fsp3) is 0.333. The largest absolute Gasteiger partial charge is 0.481 e. The molecule has 1 heterocycles. The van der Waals surface area contributed by atoms with Crippen LogP contribution >= 0.6 is 15.9 Å². The van der Waals surface area contributed by atoms with Crippen LogP contribution in [0.4, 0.5) is 5.82 Å². The monoisotopic (exact) mass is 335 g/mol. The van der Waals surface area contributed by atoms with Crippen molar-refractivity contribution in [3.8, 4) is 5.88 Å². The van der Waals surface area contributed by atoms with Crippen LogP contribution in [0.2, 0.25) is 0 Å². The predicted molar refractivity (Wildman–Crippen MR) is 84.6 cm³/mol. The average Bonchev–Trinajstić information content (AvgIpc) is 2.47. The molecule has 2 rings (SSSR count). The van der Waals surface area contributed by atoms with Gasteiger partial charge >= 0.3 is 0 Å². The zero-order valence-corrected chi connectivity index (χ0v) is 13.3. The van der Waals surface area contributed by atoms with Crippen LogP contribution in [0.3, 0.4) is 0 Å². The summed E-state index contributed by atoms with van der Waals surface area (Å²) < 4.78 is 5.22. The molecule has 0 aliphatic carbocycles. The van der Waals surface area contributed by atoms with Gasteiger partial charge in [0.15, 0.2) is 0 Å². The average molecular weight is 336 g/mol. The highest BCUT2D eigenvalue weighted by molar-refractivity contribution is 9.09. The SMILES string of the molecule is COc1cc(N(CCBr)Cc2ccccc2)nc(C)n1. The molecule has 0 atom stereocenters. The fourth-order valence-electron chi connectivity index (χ4n) is 1.97. The zero-order valence-electron chi connectivity index (χ0n) is 11.7. The normalized spacial score (nSPS) is 10.3. The van der Waals surface area contributed by atoms with E-state index in [-0.39, 0.29) is 0 Å². The van der Waals surface area contributed by atoms with Crippen LogP contribution in [0, 0.1) is 6.92 Å². The van der Waals surface area contributed by atoms with Gasteiger partial charge in [-0.3, -0.25) is 0 Å². The Hall–Kier alpha value is -1.62. The third-order valence-corrected chi connectivity index (χ3v) is 3.26. The summed E-state index contributed by atoms with van der Waals surface area (Å²) in [6, 6.07) is 12.2. The first-order chi connectivity index (χ1) is 9.72. The molecule has 0 saturated heterocycles. The van der Waals surface area contributed by atoms with E-state index in [1.807, 2.05) is 31.2 Å². The maximum atomic E-state index is 5.22. The maximum Gasteiger partial charge on any atom is 0.218 e. The molecule has 106 valence electrons. The second kappa shape index (κ2) is 7.24. The number of hydrogen-bond acceptors (Lipinski definition) is 4. The number of aromatic nitrogens is 2. The Morgan fingerprint density at radius 2 is 1.95 bits per heavy atom. The van der Waals surface area contributed by atoms with Crippen LogP contribution < -0.4 is 9.64 Å². The Labute approximate surface area is 127 Å². The van der Waals surface area contributed by atoms with E-state index in [0.717, 1.165) is 24.2 Å². The Morgan fingerprint density at radius 1 is 1.20 bits per heavy atom. The topological polar surface area (TPSA) is 38.2 Å². The van der Waals surface area contributed by atoms with Gasteiger partial charge in [0.2, 0.25) is 5.88 Å². The number of aryl methyl sites for hydroxylation is 1. The zero-order chi connectivity index (χ0) is 14.4. The number of rotatable bonds is 6. The van der Waals surface area contributed by atoms with Gasteiger partial charge in [0.1, 0.15) is 11.6 Å². The number of methoxy groups -OCH3 is 1. The smallest absolute Gasteiger partial charge is 0.218 e. The lowest BCUT2D eigenvalue weighted by atomic mass is 10.2. The van der Waals surface area contributed by atoms with Crippen LogP contribution in [0.25, 0.3) is 0 Å². The van der Waals surface area contributed by atoms with Gasteiger partial charge in [-0.05, 0) is 12.5 Å². The molecule has 1 aromatic carbocycles. The molecule has 0 unspecified atom stereocenters. The van der Waals surface area contributed by atoms with Crippen LogP contribution in [0.5, 0.6) is 5.88 Å². The number of benzene rings is 1. The lowest BCUT2D eigenvalue weighted by Gasteiger charge is -2.23. The number of alkyl halides is 1.